The van der Waals surface area contributed by atoms with Crippen LogP contribution in [0.25, 0.3) is 0 Å². The maximum Gasteiger partial charge on any atom is 0.339 e. The number of nitrogens with one attached hydrogen (secondary N) is 1. The van der Waals surface area contributed by atoms with Crippen LogP contribution < -0.4 is 5.32 Å². The average Bonchev–Trinajstić information content (AvgIpc) is 3.18. The van der Waals surface area contributed by atoms with Crippen LogP contribution >= 0.6 is 27.3 Å². The highest BCUT2D eigenvalue weighted by Gasteiger charge is 2.28. The van der Waals surface area contributed by atoms with Gasteiger partial charge in [0.25, 0.3) is 5.91 Å². The van der Waals surface area contributed by atoms with Crippen LogP contribution in [-0.2, 0) is 17.6 Å². The van der Waals surface area contributed by atoms with E-state index >= 15 is 0 Å². The molecule has 5 rings (SSSR count). The van der Waals surface area contributed by atoms with Gasteiger partial charge in [-0.1, -0.05) is 58.4 Å². The van der Waals surface area contributed by atoms with Crippen LogP contribution in [0.4, 0.5) is 5.13 Å². The fourth-order valence-electron chi connectivity index (χ4n) is 3.99. The van der Waals surface area contributed by atoms with Crippen molar-refractivity contribution >= 4 is 44.3 Å². The van der Waals surface area contributed by atoms with Crippen LogP contribution in [0.15, 0.2) is 77.3 Å². The van der Waals surface area contributed by atoms with E-state index in [0.29, 0.717) is 22.7 Å². The molecule has 1 N–H and O–H groups in total. The monoisotopic (exact) mass is 532 g/mol. The molecule has 34 heavy (non-hydrogen) atoms. The van der Waals surface area contributed by atoms with Crippen LogP contribution in [0.2, 0.25) is 0 Å². The number of anilines is 1. The minimum atomic E-state index is -0.366. The third kappa shape index (κ3) is 4.81. The molecule has 1 aliphatic heterocycles. The number of rotatable bonds is 5. The van der Waals surface area contributed by atoms with Crippen molar-refractivity contribution in [2.24, 2.45) is 0 Å². The van der Waals surface area contributed by atoms with Gasteiger partial charge < -0.3 is 4.74 Å². The highest BCUT2D eigenvalue weighted by Crippen LogP contribution is 2.31. The highest BCUT2D eigenvalue weighted by molar-refractivity contribution is 9.10. The lowest BCUT2D eigenvalue weighted by Crippen LogP contribution is -2.23. The summed E-state index contributed by atoms with van der Waals surface area (Å²) in [7, 11) is 0. The summed E-state index contributed by atoms with van der Waals surface area (Å²) in [5.74, 6) is -0.614. The second-order valence-corrected chi connectivity index (χ2v) is 10.2. The molecule has 5 nitrogen and oxygen atoms in total. The van der Waals surface area contributed by atoms with Crippen LogP contribution in [0.5, 0.6) is 0 Å². The van der Waals surface area contributed by atoms with E-state index in [0.717, 1.165) is 32.6 Å². The summed E-state index contributed by atoms with van der Waals surface area (Å²) in [6, 6.07) is 22.9. The molecule has 170 valence electrons. The fourth-order valence-corrected chi connectivity index (χ4v) is 5.25. The smallest absolute Gasteiger partial charge is 0.339 e. The van der Waals surface area contributed by atoms with Crippen LogP contribution in [0.1, 0.15) is 54.1 Å². The first-order valence-electron chi connectivity index (χ1n) is 10.9. The van der Waals surface area contributed by atoms with Crippen LogP contribution in [0.3, 0.4) is 0 Å². The van der Waals surface area contributed by atoms with Gasteiger partial charge in [0.15, 0.2) is 5.13 Å². The van der Waals surface area contributed by atoms with Gasteiger partial charge >= 0.3 is 5.97 Å². The number of cyclic esters (lactones) is 1. The van der Waals surface area contributed by atoms with Gasteiger partial charge in [-0.2, -0.15) is 0 Å². The molecule has 0 aliphatic carbocycles. The molecule has 0 fully saturated rings. The number of aryl methyl sites for hydroxylation is 1. The summed E-state index contributed by atoms with van der Waals surface area (Å²) in [6.07, 6.45) is 0.927. The SMILES string of the molecule is Cc1nc(NC(=O)c2ccc3c(c2)CC(c2ccccc2)OC3=O)sc1Cc1ccc(Br)cc1. The predicted molar refractivity (Wildman–Crippen MR) is 136 cm³/mol. The highest BCUT2D eigenvalue weighted by atomic mass is 79.9. The molecule has 0 radical (unpaired) electrons. The van der Waals surface area contributed by atoms with Crippen molar-refractivity contribution in [3.05, 3.63) is 116 Å². The van der Waals surface area contributed by atoms with E-state index < -0.39 is 0 Å². The molecule has 0 saturated heterocycles. The minimum absolute atomic E-state index is 0.248. The third-order valence-electron chi connectivity index (χ3n) is 5.80. The Morgan fingerprint density at radius 3 is 2.65 bits per heavy atom. The van der Waals surface area contributed by atoms with Gasteiger partial charge in [-0.05, 0) is 53.9 Å². The van der Waals surface area contributed by atoms with E-state index in [-0.39, 0.29) is 18.0 Å². The topological polar surface area (TPSA) is 68.3 Å². The van der Waals surface area contributed by atoms with Crippen molar-refractivity contribution in [2.45, 2.75) is 25.9 Å². The number of hydrogen-bond donors (Lipinski definition) is 1. The third-order valence-corrected chi connectivity index (χ3v) is 7.41. The van der Waals surface area contributed by atoms with E-state index in [4.69, 9.17) is 4.74 Å². The molecule has 0 spiro atoms. The number of nitrogens with zero attached hydrogens (tertiary/aromatic N) is 1. The zero-order valence-electron chi connectivity index (χ0n) is 18.4. The number of thiazole rings is 1. The number of benzene rings is 3. The molecule has 0 bridgehead atoms. The van der Waals surface area contributed by atoms with Gasteiger partial charge in [-0.15, -0.1) is 11.3 Å². The first-order chi connectivity index (χ1) is 16.5. The Morgan fingerprint density at radius 2 is 1.88 bits per heavy atom. The molecule has 1 unspecified atom stereocenters. The molecule has 1 aromatic heterocycles. The number of hydrogen-bond acceptors (Lipinski definition) is 5. The second-order valence-electron chi connectivity index (χ2n) is 8.17. The van der Waals surface area contributed by atoms with Gasteiger partial charge in [0.1, 0.15) is 6.10 Å². The Labute approximate surface area is 210 Å². The average molecular weight is 533 g/mol. The normalized spacial score (nSPS) is 14.9. The Hall–Kier alpha value is -3.29. The maximum absolute atomic E-state index is 13.0. The zero-order chi connectivity index (χ0) is 23.7. The molecule has 3 aromatic carbocycles. The summed E-state index contributed by atoms with van der Waals surface area (Å²) in [6.45, 7) is 1.95. The number of esters is 1. The fraction of sp³-hybridized carbons (Fsp3) is 0.148. The summed E-state index contributed by atoms with van der Waals surface area (Å²) in [5, 5.41) is 3.48. The van der Waals surface area contributed by atoms with Crippen molar-refractivity contribution < 1.29 is 14.3 Å². The van der Waals surface area contributed by atoms with Crippen LogP contribution in [0, 0.1) is 6.92 Å². The molecule has 1 amide bonds. The lowest BCUT2D eigenvalue weighted by atomic mass is 9.93. The number of aromatic nitrogens is 1. The number of carbonyl (C=O) groups excluding carboxylic acids is 2. The summed E-state index contributed by atoms with van der Waals surface area (Å²) in [4.78, 5) is 31.2. The number of halogens is 1. The van der Waals surface area contributed by atoms with Crippen molar-refractivity contribution in [1.29, 1.82) is 0 Å². The lowest BCUT2D eigenvalue weighted by Gasteiger charge is -2.25. The molecular formula is C27H21BrN2O3S. The van der Waals surface area contributed by atoms with Gasteiger partial charge in [0.05, 0.1) is 11.3 Å². The van der Waals surface area contributed by atoms with E-state index in [1.54, 1.807) is 18.2 Å². The van der Waals surface area contributed by atoms with E-state index in [2.05, 4.69) is 38.4 Å². The Bertz CT molecular complexity index is 1370. The Morgan fingerprint density at radius 1 is 1.12 bits per heavy atom. The molecule has 1 aliphatic rings. The van der Waals surface area contributed by atoms with Crippen molar-refractivity contribution in [1.82, 2.24) is 4.98 Å². The van der Waals surface area contributed by atoms with E-state index in [1.807, 2.05) is 49.4 Å². The van der Waals surface area contributed by atoms with Crippen molar-refractivity contribution in [3.63, 3.8) is 0 Å². The molecular weight excluding hydrogens is 512 g/mol. The van der Waals surface area contributed by atoms with Gasteiger partial charge in [-0.3, -0.25) is 10.1 Å². The van der Waals surface area contributed by atoms with Gasteiger partial charge in [-0.25, -0.2) is 9.78 Å². The number of ether oxygens (including phenoxy) is 1. The quantitative estimate of drug-likeness (QED) is 0.297. The summed E-state index contributed by atoms with van der Waals surface area (Å²) >= 11 is 4.94. The second kappa shape index (κ2) is 9.52. The molecule has 1 atom stereocenters. The first kappa shape index (κ1) is 22.5. The molecule has 7 heteroatoms. The standard InChI is InChI=1S/C27H21BrN2O3S/c1-16-24(13-17-7-10-21(28)11-8-17)34-27(29-16)30-25(31)19-9-12-22-20(14-19)15-23(33-26(22)32)18-5-3-2-4-6-18/h2-12,14,23H,13,15H2,1H3,(H,29,30,31). The van der Waals surface area contributed by atoms with E-state index in [9.17, 15) is 9.59 Å². The summed E-state index contributed by atoms with van der Waals surface area (Å²) < 4.78 is 6.66. The molecule has 2 heterocycles. The van der Waals surface area contributed by atoms with Gasteiger partial charge in [0.2, 0.25) is 0 Å². The molecule has 0 saturated carbocycles. The zero-order valence-corrected chi connectivity index (χ0v) is 20.8. The van der Waals surface area contributed by atoms with Gasteiger partial charge in [0, 0.05) is 27.8 Å². The van der Waals surface area contributed by atoms with Crippen LogP contribution in [-0.4, -0.2) is 16.9 Å². The van der Waals surface area contributed by atoms with Crippen molar-refractivity contribution in [2.75, 3.05) is 5.32 Å². The summed E-state index contributed by atoms with van der Waals surface area (Å²) in [5.41, 5.74) is 4.83. The Balaban J connectivity index is 1.32. The first-order valence-corrected chi connectivity index (χ1v) is 12.5. The molecule has 4 aromatic rings. The minimum Gasteiger partial charge on any atom is -0.454 e. The predicted octanol–water partition coefficient (Wildman–Crippen LogP) is 6.51. The van der Waals surface area contributed by atoms with Crippen molar-refractivity contribution in [3.8, 4) is 0 Å². The maximum atomic E-state index is 13.0. The number of carbonyl (C=O) groups is 2. The number of amides is 1. The largest absolute Gasteiger partial charge is 0.454 e. The lowest BCUT2D eigenvalue weighted by molar-refractivity contribution is 0.0252. The number of fused-ring (bicyclic) bond motifs is 1. The Kier molecular flexibility index (Phi) is 6.30. The van der Waals surface area contributed by atoms with E-state index in [1.165, 1.54) is 16.9 Å².